The van der Waals surface area contributed by atoms with Crippen LogP contribution in [0.1, 0.15) is 31.3 Å². The molecular weight excluding hydrogens is 464 g/mol. The van der Waals surface area contributed by atoms with E-state index in [1.54, 1.807) is 12.3 Å². The van der Waals surface area contributed by atoms with Gasteiger partial charge in [0.2, 0.25) is 5.95 Å². The number of nitrogens with one attached hydrogen (secondary N) is 1. The molecule has 0 amide bonds. The lowest BCUT2D eigenvalue weighted by Gasteiger charge is -2.31. The SMILES string of the molecule is Cc1nc2c(F)cc(-c3nc(Nc4ccc(CN5CCN(N)CC5)cn4)ncc3F)cc2n1C(C)C. The van der Waals surface area contributed by atoms with Crippen LogP contribution in [0.3, 0.4) is 0 Å². The molecule has 1 aromatic carbocycles. The molecule has 0 unspecified atom stereocenters. The molecular formula is C25H29F2N9. The van der Waals surface area contributed by atoms with Crippen molar-refractivity contribution in [2.45, 2.75) is 33.4 Å². The number of hydrogen-bond acceptors (Lipinski definition) is 8. The van der Waals surface area contributed by atoms with Crippen molar-refractivity contribution < 1.29 is 8.78 Å². The minimum atomic E-state index is -0.646. The van der Waals surface area contributed by atoms with Crippen molar-refractivity contribution in [3.63, 3.8) is 0 Å². The van der Waals surface area contributed by atoms with Gasteiger partial charge < -0.3 is 9.88 Å². The van der Waals surface area contributed by atoms with Crippen LogP contribution >= 0.6 is 0 Å². The van der Waals surface area contributed by atoms with Crippen LogP contribution in [0.15, 0.2) is 36.7 Å². The van der Waals surface area contributed by atoms with E-state index in [-0.39, 0.29) is 23.2 Å². The Kier molecular flexibility index (Phi) is 6.61. The first-order valence-electron chi connectivity index (χ1n) is 11.9. The standard InChI is InChI=1S/C25H29F2N9/c1-15(2)36-16(3)31-24-19(26)10-18(11-21(24)36)23-20(27)13-30-25(33-23)32-22-5-4-17(12-29-22)14-34-6-8-35(28)9-7-34/h4-5,10-13,15H,6-9,14,28H2,1-3H3,(H,29,30,32,33). The van der Waals surface area contributed by atoms with E-state index in [0.29, 0.717) is 22.7 Å². The minimum absolute atomic E-state index is 0.00174. The number of fused-ring (bicyclic) bond motifs is 1. The molecule has 0 atom stereocenters. The number of halogens is 2. The molecule has 3 N–H and O–H groups in total. The quantitative estimate of drug-likeness (QED) is 0.391. The second kappa shape index (κ2) is 9.84. The lowest BCUT2D eigenvalue weighted by Crippen LogP contribution is -2.48. The van der Waals surface area contributed by atoms with Crippen molar-refractivity contribution in [3.8, 4) is 11.3 Å². The van der Waals surface area contributed by atoms with Gasteiger partial charge in [0.25, 0.3) is 0 Å². The van der Waals surface area contributed by atoms with Gasteiger partial charge in [-0.25, -0.2) is 33.7 Å². The smallest absolute Gasteiger partial charge is 0.229 e. The molecule has 1 fully saturated rings. The maximum Gasteiger partial charge on any atom is 0.229 e. The van der Waals surface area contributed by atoms with E-state index in [4.69, 9.17) is 5.84 Å². The van der Waals surface area contributed by atoms with Crippen LogP contribution in [-0.4, -0.2) is 60.6 Å². The average molecular weight is 494 g/mol. The zero-order chi connectivity index (χ0) is 25.4. The molecule has 5 rings (SSSR count). The van der Waals surface area contributed by atoms with Gasteiger partial charge in [0, 0.05) is 50.5 Å². The van der Waals surface area contributed by atoms with E-state index in [9.17, 15) is 8.78 Å². The minimum Gasteiger partial charge on any atom is -0.326 e. The van der Waals surface area contributed by atoms with Crippen LogP contribution in [0.2, 0.25) is 0 Å². The van der Waals surface area contributed by atoms with Crippen LogP contribution in [-0.2, 0) is 6.54 Å². The third kappa shape index (κ3) is 4.90. The highest BCUT2D eigenvalue weighted by atomic mass is 19.1. The lowest BCUT2D eigenvalue weighted by molar-refractivity contribution is 0.128. The second-order valence-corrected chi connectivity index (χ2v) is 9.33. The van der Waals surface area contributed by atoms with Gasteiger partial charge in [0.05, 0.1) is 11.7 Å². The van der Waals surface area contributed by atoms with E-state index in [1.165, 1.54) is 6.07 Å². The molecule has 3 aromatic heterocycles. The van der Waals surface area contributed by atoms with Crippen molar-refractivity contribution >= 4 is 22.8 Å². The van der Waals surface area contributed by atoms with E-state index < -0.39 is 11.6 Å². The largest absolute Gasteiger partial charge is 0.326 e. The Balaban J connectivity index is 1.38. The summed E-state index contributed by atoms with van der Waals surface area (Å²) in [4.78, 5) is 19.5. The number of nitrogens with two attached hydrogens (primary N) is 1. The summed E-state index contributed by atoms with van der Waals surface area (Å²) in [6, 6.07) is 6.85. The predicted octanol–water partition coefficient (Wildman–Crippen LogP) is 3.79. The number of aromatic nitrogens is 5. The summed E-state index contributed by atoms with van der Waals surface area (Å²) in [5.41, 5.74) is 2.23. The van der Waals surface area contributed by atoms with E-state index >= 15 is 0 Å². The number of nitrogens with zero attached hydrogens (tertiary/aromatic N) is 7. The van der Waals surface area contributed by atoms with Crippen molar-refractivity contribution in [1.82, 2.24) is 34.4 Å². The monoisotopic (exact) mass is 493 g/mol. The molecule has 188 valence electrons. The predicted molar refractivity (Wildman–Crippen MR) is 134 cm³/mol. The average Bonchev–Trinajstić information content (AvgIpc) is 3.19. The fraction of sp³-hybridized carbons (Fsp3) is 0.360. The van der Waals surface area contributed by atoms with E-state index in [0.717, 1.165) is 44.5 Å². The summed E-state index contributed by atoms with van der Waals surface area (Å²) < 4.78 is 31.6. The number of hydrazine groups is 1. The summed E-state index contributed by atoms with van der Waals surface area (Å²) in [6.07, 6.45) is 2.86. The molecule has 1 aliphatic heterocycles. The first-order valence-corrected chi connectivity index (χ1v) is 11.9. The Morgan fingerprint density at radius 3 is 2.47 bits per heavy atom. The molecule has 0 spiro atoms. The van der Waals surface area contributed by atoms with Crippen LogP contribution in [0.25, 0.3) is 22.3 Å². The third-order valence-electron chi connectivity index (χ3n) is 6.34. The highest BCUT2D eigenvalue weighted by Crippen LogP contribution is 2.30. The van der Waals surface area contributed by atoms with Gasteiger partial charge in [0.15, 0.2) is 11.6 Å². The summed E-state index contributed by atoms with van der Waals surface area (Å²) >= 11 is 0. The van der Waals surface area contributed by atoms with Crippen LogP contribution < -0.4 is 11.2 Å². The maximum atomic E-state index is 14.9. The molecule has 0 radical (unpaired) electrons. The molecule has 11 heteroatoms. The van der Waals surface area contributed by atoms with Gasteiger partial charge in [-0.3, -0.25) is 10.7 Å². The van der Waals surface area contributed by atoms with Crippen molar-refractivity contribution in [2.75, 3.05) is 31.5 Å². The molecule has 36 heavy (non-hydrogen) atoms. The Hall–Kier alpha value is -3.54. The zero-order valence-corrected chi connectivity index (χ0v) is 20.5. The highest BCUT2D eigenvalue weighted by Gasteiger charge is 2.19. The Bertz CT molecular complexity index is 1380. The number of benzene rings is 1. The molecule has 4 aromatic rings. The summed E-state index contributed by atoms with van der Waals surface area (Å²) in [5, 5.41) is 4.84. The Morgan fingerprint density at radius 1 is 1.00 bits per heavy atom. The molecule has 1 aliphatic rings. The number of rotatable bonds is 6. The fourth-order valence-electron chi connectivity index (χ4n) is 4.57. The molecule has 0 aliphatic carbocycles. The first kappa shape index (κ1) is 24.2. The van der Waals surface area contributed by atoms with Gasteiger partial charge in [-0.1, -0.05) is 6.07 Å². The second-order valence-electron chi connectivity index (χ2n) is 9.33. The summed E-state index contributed by atoms with van der Waals surface area (Å²) in [6.45, 7) is 10.1. The number of pyridine rings is 1. The number of aryl methyl sites for hydroxylation is 1. The van der Waals surface area contributed by atoms with E-state index in [1.807, 2.05) is 42.5 Å². The van der Waals surface area contributed by atoms with Gasteiger partial charge in [-0.15, -0.1) is 0 Å². The van der Waals surface area contributed by atoms with Gasteiger partial charge in [-0.2, -0.15) is 0 Å². The van der Waals surface area contributed by atoms with Crippen LogP contribution in [0.5, 0.6) is 0 Å². The summed E-state index contributed by atoms with van der Waals surface area (Å²) in [5.74, 6) is 6.03. The first-order chi connectivity index (χ1) is 17.3. The number of hydrogen-bond donors (Lipinski definition) is 2. The molecule has 1 saturated heterocycles. The number of imidazole rings is 1. The molecule has 4 heterocycles. The highest BCUT2D eigenvalue weighted by molar-refractivity contribution is 5.83. The van der Waals surface area contributed by atoms with Crippen molar-refractivity contribution in [1.29, 1.82) is 0 Å². The van der Waals surface area contributed by atoms with Crippen LogP contribution in [0, 0.1) is 18.6 Å². The van der Waals surface area contributed by atoms with Gasteiger partial charge in [0.1, 0.15) is 22.9 Å². The third-order valence-corrected chi connectivity index (χ3v) is 6.34. The van der Waals surface area contributed by atoms with Crippen molar-refractivity contribution in [2.24, 2.45) is 5.84 Å². The molecule has 0 bridgehead atoms. The number of piperazine rings is 1. The topological polar surface area (TPSA) is 101 Å². The maximum absolute atomic E-state index is 14.9. The van der Waals surface area contributed by atoms with E-state index in [2.05, 4.69) is 30.2 Å². The van der Waals surface area contributed by atoms with Crippen molar-refractivity contribution in [3.05, 3.63) is 59.7 Å². The normalized spacial score (nSPS) is 15.2. The molecule has 0 saturated carbocycles. The fourth-order valence-corrected chi connectivity index (χ4v) is 4.57. The Labute approximate surface area is 208 Å². The van der Waals surface area contributed by atoms with Crippen LogP contribution in [0.4, 0.5) is 20.5 Å². The van der Waals surface area contributed by atoms with Gasteiger partial charge in [-0.05, 0) is 44.5 Å². The molecule has 9 nitrogen and oxygen atoms in total. The Morgan fingerprint density at radius 2 is 1.78 bits per heavy atom. The van der Waals surface area contributed by atoms with Gasteiger partial charge >= 0.3 is 0 Å². The number of anilines is 2. The zero-order valence-electron chi connectivity index (χ0n) is 20.5. The lowest BCUT2D eigenvalue weighted by atomic mass is 10.1. The summed E-state index contributed by atoms with van der Waals surface area (Å²) in [7, 11) is 0.